The Hall–Kier alpha value is -2.36. The van der Waals surface area contributed by atoms with Crippen molar-refractivity contribution in [2.45, 2.75) is 6.42 Å². The lowest BCUT2D eigenvalue weighted by Crippen LogP contribution is -2.22. The molecule has 86 valence electrons. The summed E-state index contributed by atoms with van der Waals surface area (Å²) in [6.07, 6.45) is 5.34. The smallest absolute Gasteiger partial charge is 0.256 e. The predicted octanol–water partition coefficient (Wildman–Crippen LogP) is 2.19. The highest BCUT2D eigenvalue weighted by Gasteiger charge is 1.98. The zero-order chi connectivity index (χ0) is 11.9. The quantitative estimate of drug-likeness (QED) is 0.752. The Morgan fingerprint density at radius 2 is 2.00 bits per heavy atom. The van der Waals surface area contributed by atoms with E-state index in [4.69, 9.17) is 0 Å². The summed E-state index contributed by atoms with van der Waals surface area (Å²) in [5.41, 5.74) is 3.22. The van der Waals surface area contributed by atoms with E-state index < -0.39 is 0 Å². The van der Waals surface area contributed by atoms with Gasteiger partial charge in [0, 0.05) is 11.6 Å². The number of carbonyl (C=O) groups excluding carboxylic acids is 1. The van der Waals surface area contributed by atoms with E-state index in [1.54, 1.807) is 6.08 Å². The van der Waals surface area contributed by atoms with Gasteiger partial charge < -0.3 is 4.84 Å². The van der Waals surface area contributed by atoms with Crippen LogP contribution >= 0.6 is 0 Å². The van der Waals surface area contributed by atoms with E-state index in [2.05, 4.69) is 27.4 Å². The average molecular weight is 228 g/mol. The molecule has 1 aromatic heterocycles. The van der Waals surface area contributed by atoms with Crippen molar-refractivity contribution in [1.82, 2.24) is 10.5 Å². The number of rotatable bonds is 0. The van der Waals surface area contributed by atoms with E-state index in [0.29, 0.717) is 6.42 Å². The molecule has 0 aliphatic carbocycles. The average Bonchev–Trinajstić information content (AvgIpc) is 2.41. The second-order valence-electron chi connectivity index (χ2n) is 3.42. The summed E-state index contributed by atoms with van der Waals surface area (Å²) in [6.45, 7) is 0. The Morgan fingerprint density at radius 1 is 1.18 bits per heavy atom. The van der Waals surface area contributed by atoms with E-state index in [9.17, 15) is 4.79 Å². The Balaban J connectivity index is 0.000000136. The first-order valence-corrected chi connectivity index (χ1v) is 5.25. The molecule has 0 atom stereocenters. The van der Waals surface area contributed by atoms with Crippen molar-refractivity contribution >= 4 is 16.8 Å². The summed E-state index contributed by atoms with van der Waals surface area (Å²) in [7, 11) is 0. The summed E-state index contributed by atoms with van der Waals surface area (Å²) >= 11 is 0. The summed E-state index contributed by atoms with van der Waals surface area (Å²) in [5, 5.41) is 1.20. The fraction of sp³-hybridized carbons (Fsp3) is 0.0769. The molecule has 0 radical (unpaired) electrons. The molecule has 17 heavy (non-hydrogen) atoms. The van der Waals surface area contributed by atoms with Crippen LogP contribution in [0.5, 0.6) is 0 Å². The number of pyridine rings is 1. The number of nitrogens with zero attached hydrogens (tertiary/aromatic N) is 1. The Kier molecular flexibility index (Phi) is 3.70. The summed E-state index contributed by atoms with van der Waals surface area (Å²) in [6, 6.07) is 12.1. The lowest BCUT2D eigenvalue weighted by atomic mass is 10.2. The maximum atomic E-state index is 10.2. The van der Waals surface area contributed by atoms with Gasteiger partial charge in [0.25, 0.3) is 5.91 Å². The van der Waals surface area contributed by atoms with Crippen molar-refractivity contribution in [1.29, 1.82) is 0 Å². The van der Waals surface area contributed by atoms with Crippen molar-refractivity contribution in [3.8, 4) is 0 Å². The highest BCUT2D eigenvalue weighted by Crippen LogP contribution is 2.07. The first-order chi connectivity index (χ1) is 8.36. The standard InChI is InChI=1S/C9H7N.C4H5NO2/c1-2-6-9-8(4-1)5-3-7-10-9;6-4-2-1-3-7-5-4/h1-7H;1,3H,2H2,(H,5,6). The van der Waals surface area contributed by atoms with Crippen LogP contribution in [-0.4, -0.2) is 10.9 Å². The van der Waals surface area contributed by atoms with E-state index >= 15 is 0 Å². The van der Waals surface area contributed by atoms with Crippen LogP contribution in [0.1, 0.15) is 6.42 Å². The van der Waals surface area contributed by atoms with Crippen molar-refractivity contribution < 1.29 is 9.63 Å². The second-order valence-corrected chi connectivity index (χ2v) is 3.42. The number of carbonyl (C=O) groups is 1. The van der Waals surface area contributed by atoms with Crippen molar-refractivity contribution in [2.24, 2.45) is 0 Å². The third-order valence-electron chi connectivity index (χ3n) is 2.15. The zero-order valence-corrected chi connectivity index (χ0v) is 9.17. The minimum Gasteiger partial charge on any atom is -0.388 e. The molecule has 0 saturated carbocycles. The molecule has 0 saturated heterocycles. The number of amides is 1. The molecule has 4 heteroatoms. The van der Waals surface area contributed by atoms with Crippen LogP contribution in [0.2, 0.25) is 0 Å². The third kappa shape index (κ3) is 3.31. The van der Waals surface area contributed by atoms with Gasteiger partial charge in [-0.3, -0.25) is 9.78 Å². The molecule has 0 fully saturated rings. The molecule has 1 aromatic carbocycles. The maximum Gasteiger partial charge on any atom is 0.256 e. The van der Waals surface area contributed by atoms with Crippen LogP contribution in [0.3, 0.4) is 0 Å². The van der Waals surface area contributed by atoms with Gasteiger partial charge in [0.15, 0.2) is 0 Å². The Morgan fingerprint density at radius 3 is 2.65 bits per heavy atom. The van der Waals surface area contributed by atoms with Gasteiger partial charge in [0.05, 0.1) is 11.9 Å². The summed E-state index contributed by atoms with van der Waals surface area (Å²) < 4.78 is 0. The molecule has 0 unspecified atom stereocenters. The molecule has 1 amide bonds. The third-order valence-corrected chi connectivity index (χ3v) is 2.15. The number of hydrogen-bond acceptors (Lipinski definition) is 3. The topological polar surface area (TPSA) is 51.2 Å². The molecule has 0 spiro atoms. The molecule has 3 rings (SSSR count). The molecular weight excluding hydrogens is 216 g/mol. The predicted molar refractivity (Wildman–Crippen MR) is 64.7 cm³/mol. The van der Waals surface area contributed by atoms with Crippen LogP contribution in [0.4, 0.5) is 0 Å². The molecule has 4 nitrogen and oxygen atoms in total. The summed E-state index contributed by atoms with van der Waals surface area (Å²) in [5.74, 6) is -0.0949. The largest absolute Gasteiger partial charge is 0.388 e. The molecule has 2 heterocycles. The fourth-order valence-corrected chi connectivity index (χ4v) is 1.36. The fourth-order valence-electron chi connectivity index (χ4n) is 1.36. The van der Waals surface area contributed by atoms with Gasteiger partial charge in [-0.15, -0.1) is 0 Å². The van der Waals surface area contributed by atoms with E-state index in [-0.39, 0.29) is 5.91 Å². The first-order valence-electron chi connectivity index (χ1n) is 5.25. The zero-order valence-electron chi connectivity index (χ0n) is 9.17. The number of hydroxylamine groups is 1. The van der Waals surface area contributed by atoms with Crippen LogP contribution in [0.25, 0.3) is 10.9 Å². The summed E-state index contributed by atoms with van der Waals surface area (Å²) in [4.78, 5) is 18.8. The number of fused-ring (bicyclic) bond motifs is 1. The number of benzene rings is 1. The van der Waals surface area contributed by atoms with Gasteiger partial charge >= 0.3 is 0 Å². The minimum absolute atomic E-state index is 0.0949. The Labute approximate surface area is 98.9 Å². The maximum absolute atomic E-state index is 10.2. The van der Waals surface area contributed by atoms with E-state index in [1.165, 1.54) is 11.6 Å². The number of para-hydroxylation sites is 1. The van der Waals surface area contributed by atoms with Gasteiger partial charge in [-0.05, 0) is 18.2 Å². The molecule has 0 bridgehead atoms. The SMILES string of the molecule is O=C1CC=CON1.c1ccc2ncccc2c1. The van der Waals surface area contributed by atoms with Gasteiger partial charge in [-0.25, -0.2) is 0 Å². The van der Waals surface area contributed by atoms with Gasteiger partial charge in [0.2, 0.25) is 0 Å². The van der Waals surface area contributed by atoms with Gasteiger partial charge in [-0.2, -0.15) is 5.48 Å². The monoisotopic (exact) mass is 228 g/mol. The van der Waals surface area contributed by atoms with Gasteiger partial charge in [-0.1, -0.05) is 24.3 Å². The molecule has 1 N–H and O–H groups in total. The van der Waals surface area contributed by atoms with E-state index in [0.717, 1.165) is 5.52 Å². The van der Waals surface area contributed by atoms with Crippen LogP contribution in [0.15, 0.2) is 54.9 Å². The lowest BCUT2D eigenvalue weighted by molar-refractivity contribution is -0.130. The number of hydrogen-bond donors (Lipinski definition) is 1. The number of aromatic nitrogens is 1. The molecule has 1 aliphatic heterocycles. The molecule has 1 aliphatic rings. The van der Waals surface area contributed by atoms with Gasteiger partial charge in [0.1, 0.15) is 6.26 Å². The van der Waals surface area contributed by atoms with E-state index in [1.807, 2.05) is 30.5 Å². The highest BCUT2D eigenvalue weighted by atomic mass is 16.6. The minimum atomic E-state index is -0.0949. The molecular formula is C13H12N2O2. The van der Waals surface area contributed by atoms with Crippen LogP contribution in [-0.2, 0) is 9.63 Å². The second kappa shape index (κ2) is 5.65. The van der Waals surface area contributed by atoms with Crippen molar-refractivity contribution in [3.63, 3.8) is 0 Å². The lowest BCUT2D eigenvalue weighted by Gasteiger charge is -2.03. The van der Waals surface area contributed by atoms with Crippen LogP contribution in [0, 0.1) is 0 Å². The number of nitrogens with one attached hydrogen (secondary N) is 1. The van der Waals surface area contributed by atoms with Crippen molar-refractivity contribution in [3.05, 3.63) is 54.9 Å². The normalized spacial score (nSPS) is 13.3. The first kappa shape index (κ1) is 11.1. The molecule has 2 aromatic rings. The Bertz CT molecular complexity index is 472. The van der Waals surface area contributed by atoms with Crippen LogP contribution < -0.4 is 5.48 Å². The van der Waals surface area contributed by atoms with Crippen molar-refractivity contribution in [2.75, 3.05) is 0 Å². The highest BCUT2D eigenvalue weighted by molar-refractivity contribution is 5.77.